The molecule has 0 aromatic heterocycles. The number of rotatable bonds is 4. The number of nitrogens with zero attached hydrogens (tertiary/aromatic N) is 1. The van der Waals surface area contributed by atoms with Crippen LogP contribution in [0.15, 0.2) is 47.6 Å². The Balaban J connectivity index is 2.11. The SMILES string of the molecule is Cc1cccc(NCc2ccc(C(N)=NO)cc2F)c1. The fraction of sp³-hybridized carbons (Fsp3) is 0.133. The van der Waals surface area contributed by atoms with Crippen LogP contribution in [0.3, 0.4) is 0 Å². The fourth-order valence-electron chi connectivity index (χ4n) is 1.86. The van der Waals surface area contributed by atoms with Gasteiger partial charge in [0.1, 0.15) is 5.82 Å². The van der Waals surface area contributed by atoms with Gasteiger partial charge in [-0.2, -0.15) is 0 Å². The average molecular weight is 273 g/mol. The van der Waals surface area contributed by atoms with Crippen LogP contribution in [0.1, 0.15) is 16.7 Å². The van der Waals surface area contributed by atoms with Crippen LogP contribution in [0, 0.1) is 12.7 Å². The van der Waals surface area contributed by atoms with Crippen molar-refractivity contribution in [1.82, 2.24) is 0 Å². The average Bonchev–Trinajstić information content (AvgIpc) is 2.45. The molecule has 0 atom stereocenters. The number of oxime groups is 1. The number of anilines is 1. The molecular weight excluding hydrogens is 257 g/mol. The molecule has 0 spiro atoms. The van der Waals surface area contributed by atoms with Gasteiger partial charge in [-0.25, -0.2) is 4.39 Å². The minimum atomic E-state index is -0.394. The third-order valence-electron chi connectivity index (χ3n) is 2.96. The van der Waals surface area contributed by atoms with E-state index >= 15 is 0 Å². The van der Waals surface area contributed by atoms with Gasteiger partial charge in [0.05, 0.1) is 0 Å². The number of nitrogens with two attached hydrogens (primary N) is 1. The molecule has 0 unspecified atom stereocenters. The van der Waals surface area contributed by atoms with E-state index in [9.17, 15) is 4.39 Å². The summed E-state index contributed by atoms with van der Waals surface area (Å²) in [6.07, 6.45) is 0. The Morgan fingerprint density at radius 3 is 2.75 bits per heavy atom. The smallest absolute Gasteiger partial charge is 0.170 e. The lowest BCUT2D eigenvalue weighted by atomic mass is 10.1. The predicted molar refractivity (Wildman–Crippen MR) is 77.4 cm³/mol. The molecule has 0 aliphatic rings. The molecule has 4 nitrogen and oxygen atoms in total. The zero-order chi connectivity index (χ0) is 14.5. The molecule has 0 saturated carbocycles. The minimum absolute atomic E-state index is 0.109. The van der Waals surface area contributed by atoms with Gasteiger partial charge in [-0.05, 0) is 30.7 Å². The number of hydrogen-bond donors (Lipinski definition) is 3. The molecule has 2 aromatic carbocycles. The van der Waals surface area contributed by atoms with Gasteiger partial charge in [0.2, 0.25) is 0 Å². The maximum Gasteiger partial charge on any atom is 0.170 e. The van der Waals surface area contributed by atoms with Gasteiger partial charge in [-0.3, -0.25) is 0 Å². The van der Waals surface area contributed by atoms with Crippen molar-refractivity contribution in [3.8, 4) is 0 Å². The van der Waals surface area contributed by atoms with Crippen LogP contribution in [0.4, 0.5) is 10.1 Å². The molecular formula is C15H16FN3O. The first kappa shape index (κ1) is 13.9. The van der Waals surface area contributed by atoms with Crippen molar-refractivity contribution in [1.29, 1.82) is 0 Å². The molecule has 104 valence electrons. The summed E-state index contributed by atoms with van der Waals surface area (Å²) in [4.78, 5) is 0. The van der Waals surface area contributed by atoms with E-state index in [0.29, 0.717) is 17.7 Å². The summed E-state index contributed by atoms with van der Waals surface area (Å²) in [6, 6.07) is 12.3. The summed E-state index contributed by atoms with van der Waals surface area (Å²) in [5, 5.41) is 14.6. The largest absolute Gasteiger partial charge is 0.409 e. The molecule has 0 bridgehead atoms. The highest BCUT2D eigenvalue weighted by Crippen LogP contribution is 2.14. The van der Waals surface area contributed by atoms with E-state index in [1.807, 2.05) is 31.2 Å². The van der Waals surface area contributed by atoms with Crippen LogP contribution >= 0.6 is 0 Å². The van der Waals surface area contributed by atoms with Gasteiger partial charge < -0.3 is 16.3 Å². The number of nitrogens with one attached hydrogen (secondary N) is 1. The molecule has 2 rings (SSSR count). The maximum atomic E-state index is 13.9. The Bertz CT molecular complexity index is 641. The molecule has 0 radical (unpaired) electrons. The van der Waals surface area contributed by atoms with E-state index < -0.39 is 5.82 Å². The highest BCUT2D eigenvalue weighted by Gasteiger charge is 2.06. The summed E-state index contributed by atoms with van der Waals surface area (Å²) in [7, 11) is 0. The predicted octanol–water partition coefficient (Wildman–Crippen LogP) is 2.84. The van der Waals surface area contributed by atoms with E-state index in [1.54, 1.807) is 12.1 Å². The van der Waals surface area contributed by atoms with E-state index in [-0.39, 0.29) is 5.84 Å². The summed E-state index contributed by atoms with van der Waals surface area (Å²) in [5.74, 6) is -0.503. The van der Waals surface area contributed by atoms with Gasteiger partial charge in [-0.1, -0.05) is 29.4 Å². The van der Waals surface area contributed by atoms with Crippen LogP contribution in [-0.4, -0.2) is 11.0 Å². The second-order valence-electron chi connectivity index (χ2n) is 4.51. The number of benzene rings is 2. The minimum Gasteiger partial charge on any atom is -0.409 e. The lowest BCUT2D eigenvalue weighted by Gasteiger charge is -2.09. The fourth-order valence-corrected chi connectivity index (χ4v) is 1.86. The monoisotopic (exact) mass is 273 g/mol. The highest BCUT2D eigenvalue weighted by atomic mass is 19.1. The van der Waals surface area contributed by atoms with Crippen LogP contribution in [-0.2, 0) is 6.54 Å². The van der Waals surface area contributed by atoms with Gasteiger partial charge in [-0.15, -0.1) is 0 Å². The molecule has 4 N–H and O–H groups in total. The van der Waals surface area contributed by atoms with Crippen molar-refractivity contribution in [2.75, 3.05) is 5.32 Å². The van der Waals surface area contributed by atoms with Gasteiger partial charge in [0, 0.05) is 23.4 Å². The van der Waals surface area contributed by atoms with Crippen LogP contribution < -0.4 is 11.1 Å². The third kappa shape index (κ3) is 3.26. The van der Waals surface area contributed by atoms with Crippen LogP contribution in [0.25, 0.3) is 0 Å². The molecule has 5 heteroatoms. The van der Waals surface area contributed by atoms with Crippen molar-refractivity contribution >= 4 is 11.5 Å². The first-order valence-corrected chi connectivity index (χ1v) is 6.17. The normalized spacial score (nSPS) is 11.4. The van der Waals surface area contributed by atoms with E-state index in [0.717, 1.165) is 11.3 Å². The van der Waals surface area contributed by atoms with Crippen molar-refractivity contribution in [3.05, 3.63) is 65.0 Å². The van der Waals surface area contributed by atoms with Crippen molar-refractivity contribution < 1.29 is 9.60 Å². The summed E-state index contributed by atoms with van der Waals surface area (Å²) < 4.78 is 13.9. The first-order chi connectivity index (χ1) is 9.60. The summed E-state index contributed by atoms with van der Waals surface area (Å²) in [6.45, 7) is 2.36. The molecule has 20 heavy (non-hydrogen) atoms. The highest BCUT2D eigenvalue weighted by molar-refractivity contribution is 5.97. The topological polar surface area (TPSA) is 70.6 Å². The number of halogens is 1. The molecule has 0 heterocycles. The lowest BCUT2D eigenvalue weighted by Crippen LogP contribution is -2.14. The molecule has 0 aliphatic carbocycles. The number of hydrogen-bond acceptors (Lipinski definition) is 3. The molecule has 2 aromatic rings. The van der Waals surface area contributed by atoms with E-state index in [1.165, 1.54) is 6.07 Å². The Labute approximate surface area is 116 Å². The van der Waals surface area contributed by atoms with Crippen molar-refractivity contribution in [2.45, 2.75) is 13.5 Å². The first-order valence-electron chi connectivity index (χ1n) is 6.17. The van der Waals surface area contributed by atoms with E-state index in [2.05, 4.69) is 10.5 Å². The van der Waals surface area contributed by atoms with Crippen LogP contribution in [0.5, 0.6) is 0 Å². The Hall–Kier alpha value is -2.56. The standard InChI is InChI=1S/C15H16FN3O/c1-10-3-2-4-13(7-10)18-9-12-6-5-11(8-14(12)16)15(17)19-20/h2-8,18,20H,9H2,1H3,(H2,17,19). The van der Waals surface area contributed by atoms with Crippen LogP contribution in [0.2, 0.25) is 0 Å². The van der Waals surface area contributed by atoms with Gasteiger partial charge in [0.15, 0.2) is 5.84 Å². The maximum absolute atomic E-state index is 13.9. The van der Waals surface area contributed by atoms with Crippen molar-refractivity contribution in [3.63, 3.8) is 0 Å². The summed E-state index contributed by atoms with van der Waals surface area (Å²) in [5.41, 5.74) is 8.35. The molecule has 0 saturated heterocycles. The lowest BCUT2D eigenvalue weighted by molar-refractivity contribution is 0.318. The Kier molecular flexibility index (Phi) is 4.20. The molecule has 0 amide bonds. The van der Waals surface area contributed by atoms with E-state index in [4.69, 9.17) is 10.9 Å². The molecule has 0 aliphatic heterocycles. The zero-order valence-corrected chi connectivity index (χ0v) is 11.1. The quantitative estimate of drug-likeness (QED) is 0.347. The number of amidine groups is 1. The van der Waals surface area contributed by atoms with Gasteiger partial charge >= 0.3 is 0 Å². The Morgan fingerprint density at radius 2 is 2.10 bits per heavy atom. The second kappa shape index (κ2) is 6.06. The second-order valence-corrected chi connectivity index (χ2v) is 4.51. The summed E-state index contributed by atoms with van der Waals surface area (Å²) >= 11 is 0. The Morgan fingerprint density at radius 1 is 1.30 bits per heavy atom. The van der Waals surface area contributed by atoms with Gasteiger partial charge in [0.25, 0.3) is 0 Å². The molecule has 0 fully saturated rings. The zero-order valence-electron chi connectivity index (χ0n) is 11.1. The van der Waals surface area contributed by atoms with Crippen molar-refractivity contribution in [2.24, 2.45) is 10.9 Å². The number of aryl methyl sites for hydroxylation is 1. The third-order valence-corrected chi connectivity index (χ3v) is 2.96.